The van der Waals surface area contributed by atoms with Gasteiger partial charge in [-0.1, -0.05) is 19.9 Å². The van der Waals surface area contributed by atoms with E-state index in [1.165, 1.54) is 0 Å². The number of rotatable bonds is 4. The summed E-state index contributed by atoms with van der Waals surface area (Å²) in [7, 11) is 0. The van der Waals surface area contributed by atoms with Crippen molar-refractivity contribution in [3.8, 4) is 0 Å². The van der Waals surface area contributed by atoms with Crippen LogP contribution in [0.3, 0.4) is 0 Å². The van der Waals surface area contributed by atoms with Gasteiger partial charge in [-0.25, -0.2) is 0 Å². The Balaban J connectivity index is 2.49. The van der Waals surface area contributed by atoms with Crippen LogP contribution in [0.1, 0.15) is 32.6 Å². The minimum absolute atomic E-state index is 0.115. The lowest BCUT2D eigenvalue weighted by Gasteiger charge is -2.24. The molecule has 1 saturated heterocycles. The highest BCUT2D eigenvalue weighted by molar-refractivity contribution is 5.58. The Morgan fingerprint density at radius 1 is 1.75 bits per heavy atom. The van der Waals surface area contributed by atoms with Gasteiger partial charge < -0.3 is 9.69 Å². The Hall–Kier alpha value is -0.790. The van der Waals surface area contributed by atoms with E-state index >= 15 is 0 Å². The fourth-order valence-electron chi connectivity index (χ4n) is 1.76. The van der Waals surface area contributed by atoms with Gasteiger partial charge >= 0.3 is 0 Å². The van der Waals surface area contributed by atoms with Crippen LogP contribution in [0, 0.1) is 0 Å². The molecule has 0 spiro atoms. The largest absolute Gasteiger partial charge is 0.366 e. The smallest absolute Gasteiger partial charge is 0.142 e. The van der Waals surface area contributed by atoms with Crippen LogP contribution in [-0.4, -0.2) is 23.8 Å². The third kappa shape index (κ3) is 1.87. The summed E-state index contributed by atoms with van der Waals surface area (Å²) >= 11 is 0. The predicted octanol–water partition coefficient (Wildman–Crippen LogP) is 1.96. The van der Waals surface area contributed by atoms with Gasteiger partial charge in [0.15, 0.2) is 0 Å². The second-order valence-corrected chi connectivity index (χ2v) is 3.36. The van der Waals surface area contributed by atoms with Crippen molar-refractivity contribution >= 4 is 6.29 Å². The molecule has 0 N–H and O–H groups in total. The number of hydrogen-bond acceptors (Lipinski definition) is 2. The molecule has 1 aliphatic rings. The van der Waals surface area contributed by atoms with Gasteiger partial charge in [0.2, 0.25) is 0 Å². The molecular formula is C10H17NO. The number of carbonyl (C=O) groups is 1. The minimum atomic E-state index is 0.115. The van der Waals surface area contributed by atoms with E-state index in [0.717, 1.165) is 44.2 Å². The highest BCUT2D eigenvalue weighted by Gasteiger charge is 2.23. The number of carbonyl (C=O) groups excluding carboxylic acids is 1. The molecule has 0 amide bonds. The van der Waals surface area contributed by atoms with Gasteiger partial charge in [0.05, 0.1) is 6.04 Å². The number of allylic oxidation sites excluding steroid dienone is 1. The lowest BCUT2D eigenvalue weighted by Crippen LogP contribution is -2.29. The van der Waals surface area contributed by atoms with Crippen molar-refractivity contribution < 1.29 is 4.79 Å². The van der Waals surface area contributed by atoms with Crippen molar-refractivity contribution in [3.63, 3.8) is 0 Å². The predicted molar refractivity (Wildman–Crippen MR) is 49.8 cm³/mol. The van der Waals surface area contributed by atoms with Crippen molar-refractivity contribution in [2.45, 2.75) is 38.6 Å². The molecule has 68 valence electrons. The monoisotopic (exact) mass is 167 g/mol. The molecule has 0 aromatic heterocycles. The second-order valence-electron chi connectivity index (χ2n) is 3.36. The van der Waals surface area contributed by atoms with Gasteiger partial charge in [0, 0.05) is 12.2 Å². The minimum Gasteiger partial charge on any atom is -0.366 e. The molecule has 0 saturated carbocycles. The molecule has 0 aliphatic carbocycles. The van der Waals surface area contributed by atoms with E-state index < -0.39 is 0 Å². The van der Waals surface area contributed by atoms with Crippen molar-refractivity contribution in [2.75, 3.05) is 6.54 Å². The third-order valence-corrected chi connectivity index (χ3v) is 2.40. The first-order valence-electron chi connectivity index (χ1n) is 4.69. The molecule has 0 aromatic carbocycles. The maximum atomic E-state index is 10.6. The fourth-order valence-corrected chi connectivity index (χ4v) is 1.76. The molecule has 0 radical (unpaired) electrons. The average Bonchev–Trinajstić information content (AvgIpc) is 2.51. The molecule has 2 nitrogen and oxygen atoms in total. The standard InChI is InChI=1S/C10H17NO/c1-3-5-9(2)11-7-4-6-10(11)8-12/h8,10H,2-7H2,1H3. The maximum absolute atomic E-state index is 10.6. The second kappa shape index (κ2) is 4.29. The van der Waals surface area contributed by atoms with Crippen LogP contribution in [-0.2, 0) is 4.79 Å². The molecule has 1 unspecified atom stereocenters. The summed E-state index contributed by atoms with van der Waals surface area (Å²) in [5.74, 6) is 0. The summed E-state index contributed by atoms with van der Waals surface area (Å²) in [5.41, 5.74) is 1.13. The Bertz CT molecular complexity index is 177. The van der Waals surface area contributed by atoms with E-state index in [9.17, 15) is 4.79 Å². The van der Waals surface area contributed by atoms with Crippen LogP contribution in [0.5, 0.6) is 0 Å². The lowest BCUT2D eigenvalue weighted by atomic mass is 10.2. The quantitative estimate of drug-likeness (QED) is 0.596. The fraction of sp³-hybridized carbons (Fsp3) is 0.700. The molecular weight excluding hydrogens is 150 g/mol. The van der Waals surface area contributed by atoms with Crippen LogP contribution < -0.4 is 0 Å². The first-order chi connectivity index (χ1) is 5.79. The van der Waals surface area contributed by atoms with E-state index in [-0.39, 0.29) is 6.04 Å². The molecule has 1 aliphatic heterocycles. The highest BCUT2D eigenvalue weighted by atomic mass is 16.1. The van der Waals surface area contributed by atoms with Crippen LogP contribution in [0.4, 0.5) is 0 Å². The van der Waals surface area contributed by atoms with Gasteiger partial charge in [0.25, 0.3) is 0 Å². The van der Waals surface area contributed by atoms with Gasteiger partial charge in [0.1, 0.15) is 6.29 Å². The van der Waals surface area contributed by atoms with E-state index in [2.05, 4.69) is 18.4 Å². The van der Waals surface area contributed by atoms with Crippen molar-refractivity contribution in [1.82, 2.24) is 4.90 Å². The van der Waals surface area contributed by atoms with E-state index in [4.69, 9.17) is 0 Å². The summed E-state index contributed by atoms with van der Waals surface area (Å²) in [6.45, 7) is 7.14. The number of aldehydes is 1. The van der Waals surface area contributed by atoms with E-state index in [1.807, 2.05) is 0 Å². The van der Waals surface area contributed by atoms with Crippen LogP contribution in [0.2, 0.25) is 0 Å². The van der Waals surface area contributed by atoms with Gasteiger partial charge in [-0.2, -0.15) is 0 Å². The Labute approximate surface area is 74.2 Å². The molecule has 1 heterocycles. The molecule has 0 bridgehead atoms. The third-order valence-electron chi connectivity index (χ3n) is 2.40. The zero-order chi connectivity index (χ0) is 8.97. The lowest BCUT2D eigenvalue weighted by molar-refractivity contribution is -0.111. The summed E-state index contributed by atoms with van der Waals surface area (Å²) < 4.78 is 0. The topological polar surface area (TPSA) is 20.3 Å². The molecule has 2 heteroatoms. The van der Waals surface area contributed by atoms with Crippen molar-refractivity contribution in [2.24, 2.45) is 0 Å². The molecule has 1 rings (SSSR count). The maximum Gasteiger partial charge on any atom is 0.142 e. The van der Waals surface area contributed by atoms with Gasteiger partial charge in [-0.15, -0.1) is 0 Å². The van der Waals surface area contributed by atoms with E-state index in [0.29, 0.717) is 0 Å². The Kier molecular flexibility index (Phi) is 3.32. The molecule has 1 atom stereocenters. The molecule has 1 fully saturated rings. The normalized spacial score (nSPS) is 22.8. The summed E-state index contributed by atoms with van der Waals surface area (Å²) in [5, 5.41) is 0. The highest BCUT2D eigenvalue weighted by Crippen LogP contribution is 2.22. The Morgan fingerprint density at radius 3 is 3.08 bits per heavy atom. The van der Waals surface area contributed by atoms with Gasteiger partial charge in [-0.05, 0) is 19.3 Å². The van der Waals surface area contributed by atoms with Gasteiger partial charge in [-0.3, -0.25) is 0 Å². The Morgan fingerprint density at radius 2 is 2.50 bits per heavy atom. The summed E-state index contributed by atoms with van der Waals surface area (Å²) in [6, 6.07) is 0.115. The number of hydrogen-bond donors (Lipinski definition) is 0. The molecule has 0 aromatic rings. The first kappa shape index (κ1) is 9.30. The number of likely N-dealkylation sites (tertiary alicyclic amines) is 1. The zero-order valence-electron chi connectivity index (χ0n) is 7.75. The molecule has 12 heavy (non-hydrogen) atoms. The van der Waals surface area contributed by atoms with E-state index in [1.54, 1.807) is 0 Å². The van der Waals surface area contributed by atoms with Crippen LogP contribution in [0.25, 0.3) is 0 Å². The summed E-state index contributed by atoms with van der Waals surface area (Å²) in [4.78, 5) is 12.8. The van der Waals surface area contributed by atoms with Crippen LogP contribution >= 0.6 is 0 Å². The summed E-state index contributed by atoms with van der Waals surface area (Å²) in [6.07, 6.45) is 5.32. The van der Waals surface area contributed by atoms with Crippen LogP contribution in [0.15, 0.2) is 12.3 Å². The van der Waals surface area contributed by atoms with Crippen molar-refractivity contribution in [3.05, 3.63) is 12.3 Å². The SMILES string of the molecule is C=C(CCC)N1CCCC1C=O. The van der Waals surface area contributed by atoms with Crippen molar-refractivity contribution in [1.29, 1.82) is 0 Å². The first-order valence-corrected chi connectivity index (χ1v) is 4.69. The average molecular weight is 167 g/mol. The zero-order valence-corrected chi connectivity index (χ0v) is 7.75. The number of nitrogens with zero attached hydrogens (tertiary/aromatic N) is 1.